The molecule has 0 aliphatic carbocycles. The van der Waals surface area contributed by atoms with Crippen molar-refractivity contribution in [2.24, 2.45) is 5.92 Å². The van der Waals surface area contributed by atoms with E-state index in [9.17, 15) is 29.6 Å². The van der Waals surface area contributed by atoms with Crippen LogP contribution in [0.1, 0.15) is 50.8 Å². The maximum absolute atomic E-state index is 14.6. The first-order valence-electron chi connectivity index (χ1n) is 13.3. The van der Waals surface area contributed by atoms with E-state index in [4.69, 9.17) is 0 Å². The van der Waals surface area contributed by atoms with Crippen molar-refractivity contribution >= 4 is 40.5 Å². The molecule has 3 aromatic carbocycles. The number of aliphatic carboxylic acids is 1. The van der Waals surface area contributed by atoms with E-state index < -0.39 is 40.3 Å². The molecule has 0 bridgehead atoms. The van der Waals surface area contributed by atoms with Crippen molar-refractivity contribution in [2.45, 2.75) is 38.3 Å². The summed E-state index contributed by atoms with van der Waals surface area (Å²) in [5, 5.41) is 27.3. The molecular weight excluding hydrogens is 554 g/mol. The zero-order valence-corrected chi connectivity index (χ0v) is 24.0. The van der Waals surface area contributed by atoms with Crippen LogP contribution in [0.2, 0.25) is 0 Å². The molecule has 0 spiro atoms. The van der Waals surface area contributed by atoms with Gasteiger partial charge in [0.05, 0.1) is 16.9 Å². The number of non-ortho nitro benzene ring substituents is 1. The Hall–Kier alpha value is -4.83. The molecule has 9 nitrogen and oxygen atoms in total. The molecule has 2 heterocycles. The SMILES string of the molecule is Cc1ccccc1C(=O)C1C(c2cccc([N+](=O)[O-])c2)N(C(=O)Nc2ccccc2)C(C)(C(=O)O)C1c1sccc1C. The third-order valence-corrected chi connectivity index (χ3v) is 9.18. The Balaban J connectivity index is 1.82. The summed E-state index contributed by atoms with van der Waals surface area (Å²) < 4.78 is 0. The van der Waals surface area contributed by atoms with Gasteiger partial charge < -0.3 is 10.4 Å². The minimum Gasteiger partial charge on any atom is -0.479 e. The van der Waals surface area contributed by atoms with Gasteiger partial charge in [0.2, 0.25) is 0 Å². The number of benzene rings is 3. The molecule has 1 fully saturated rings. The van der Waals surface area contributed by atoms with Crippen molar-refractivity contribution in [1.29, 1.82) is 0 Å². The second-order valence-electron chi connectivity index (χ2n) is 10.6. The minimum absolute atomic E-state index is 0.231. The summed E-state index contributed by atoms with van der Waals surface area (Å²) in [7, 11) is 0. The average molecular weight is 584 g/mol. The Morgan fingerprint density at radius 2 is 1.64 bits per heavy atom. The second-order valence-corrected chi connectivity index (χ2v) is 11.5. The van der Waals surface area contributed by atoms with Crippen molar-refractivity contribution in [3.05, 3.63) is 128 Å². The minimum atomic E-state index is -1.91. The predicted octanol–water partition coefficient (Wildman–Crippen LogP) is 6.99. The van der Waals surface area contributed by atoms with Crippen LogP contribution in [0, 0.1) is 29.9 Å². The zero-order valence-electron chi connectivity index (χ0n) is 23.2. The lowest BCUT2D eigenvalue weighted by Gasteiger charge is -2.37. The van der Waals surface area contributed by atoms with E-state index >= 15 is 0 Å². The maximum Gasteiger partial charge on any atom is 0.330 e. The third kappa shape index (κ3) is 4.83. The first-order chi connectivity index (χ1) is 20.1. The highest BCUT2D eigenvalue weighted by atomic mass is 32.1. The van der Waals surface area contributed by atoms with Crippen molar-refractivity contribution in [2.75, 3.05) is 5.32 Å². The Morgan fingerprint density at radius 1 is 0.952 bits per heavy atom. The number of carboxylic acid groups (broad SMARTS) is 1. The van der Waals surface area contributed by atoms with E-state index in [2.05, 4.69) is 5.32 Å². The number of Topliss-reactive ketones (excluding diaryl/α,β-unsaturated/α-hetero) is 1. The van der Waals surface area contributed by atoms with Crippen LogP contribution in [0.3, 0.4) is 0 Å². The first-order valence-corrected chi connectivity index (χ1v) is 14.2. The van der Waals surface area contributed by atoms with Gasteiger partial charge in [-0.05, 0) is 61.0 Å². The summed E-state index contributed by atoms with van der Waals surface area (Å²) in [4.78, 5) is 55.4. The Kier molecular flexibility index (Phi) is 7.66. The number of likely N-dealkylation sites (tertiary alicyclic amines) is 1. The van der Waals surface area contributed by atoms with Crippen molar-refractivity contribution < 1.29 is 24.4 Å². The third-order valence-electron chi connectivity index (χ3n) is 8.08. The van der Waals surface area contributed by atoms with Crippen molar-refractivity contribution in [1.82, 2.24) is 4.90 Å². The molecule has 1 aromatic heterocycles. The zero-order chi connectivity index (χ0) is 30.2. The predicted molar refractivity (Wildman–Crippen MR) is 160 cm³/mol. The molecule has 214 valence electrons. The summed E-state index contributed by atoms with van der Waals surface area (Å²) >= 11 is 1.33. The monoisotopic (exact) mass is 583 g/mol. The topological polar surface area (TPSA) is 130 Å². The van der Waals surface area contributed by atoms with E-state index in [0.29, 0.717) is 27.3 Å². The van der Waals surface area contributed by atoms with E-state index in [1.165, 1.54) is 41.4 Å². The normalized spacial score (nSPS) is 21.6. The number of nitrogens with one attached hydrogen (secondary N) is 1. The molecule has 1 saturated heterocycles. The number of nitrogens with zero attached hydrogens (tertiary/aromatic N) is 2. The van der Waals surface area contributed by atoms with E-state index in [1.54, 1.807) is 67.6 Å². The number of thiophene rings is 1. The number of hydrogen-bond acceptors (Lipinski definition) is 6. The van der Waals surface area contributed by atoms with Crippen LogP contribution < -0.4 is 5.32 Å². The lowest BCUT2D eigenvalue weighted by molar-refractivity contribution is -0.385. The van der Waals surface area contributed by atoms with Gasteiger partial charge in [-0.15, -0.1) is 11.3 Å². The molecule has 1 aliphatic rings. The summed E-state index contributed by atoms with van der Waals surface area (Å²) in [5.74, 6) is -3.68. The highest BCUT2D eigenvalue weighted by molar-refractivity contribution is 7.10. The van der Waals surface area contributed by atoms with Crippen LogP contribution in [-0.2, 0) is 4.79 Å². The lowest BCUT2D eigenvalue weighted by Crippen LogP contribution is -2.55. The van der Waals surface area contributed by atoms with Crippen molar-refractivity contribution in [3.8, 4) is 0 Å². The van der Waals surface area contributed by atoms with Gasteiger partial charge in [0.15, 0.2) is 5.78 Å². The van der Waals surface area contributed by atoms with Gasteiger partial charge in [0.25, 0.3) is 5.69 Å². The molecule has 0 radical (unpaired) electrons. The van der Waals surface area contributed by atoms with Crippen LogP contribution in [0.5, 0.6) is 0 Å². The number of aryl methyl sites for hydroxylation is 2. The van der Waals surface area contributed by atoms with Crippen LogP contribution in [-0.4, -0.2) is 38.3 Å². The maximum atomic E-state index is 14.6. The number of hydrogen-bond donors (Lipinski definition) is 2. The van der Waals surface area contributed by atoms with Gasteiger partial charge >= 0.3 is 12.0 Å². The number of anilines is 1. The van der Waals surface area contributed by atoms with Crippen LogP contribution in [0.4, 0.5) is 16.2 Å². The summed E-state index contributed by atoms with van der Waals surface area (Å²) in [6.07, 6.45) is 0. The number of carbonyl (C=O) groups excluding carboxylic acids is 2. The molecule has 4 aromatic rings. The highest BCUT2D eigenvalue weighted by Crippen LogP contribution is 2.58. The van der Waals surface area contributed by atoms with E-state index in [0.717, 1.165) is 5.56 Å². The fourth-order valence-corrected chi connectivity index (χ4v) is 7.23. The lowest BCUT2D eigenvalue weighted by atomic mass is 9.73. The summed E-state index contributed by atoms with van der Waals surface area (Å²) in [6.45, 7) is 5.10. The van der Waals surface area contributed by atoms with Gasteiger partial charge in [-0.25, -0.2) is 9.59 Å². The molecule has 10 heteroatoms. The molecular formula is C32H29N3O6S. The number of carbonyl (C=O) groups is 3. The van der Waals surface area contributed by atoms with E-state index in [1.807, 2.05) is 18.4 Å². The van der Waals surface area contributed by atoms with Crippen molar-refractivity contribution in [3.63, 3.8) is 0 Å². The van der Waals surface area contributed by atoms with Gasteiger partial charge in [-0.2, -0.15) is 0 Å². The van der Waals surface area contributed by atoms with E-state index in [-0.39, 0.29) is 11.5 Å². The Morgan fingerprint density at radius 3 is 2.26 bits per heavy atom. The summed E-state index contributed by atoms with van der Waals surface area (Å²) in [6, 6.07) is 21.3. The Bertz CT molecular complexity index is 1690. The number of amides is 2. The first kappa shape index (κ1) is 28.7. The Labute approximate surface area is 246 Å². The van der Waals surface area contributed by atoms with Gasteiger partial charge in [0, 0.05) is 34.2 Å². The standard InChI is InChI=1S/C32H29N3O6S/c1-19-10-7-8-15-24(19)28(36)25-26(29-20(2)16-17-42-29)32(3,30(37)38)34(31(39)33-22-12-5-4-6-13-22)27(25)21-11-9-14-23(18-21)35(40)41/h4-18,25-27H,1-3H3,(H,33,39)(H,37,38). The number of ketones is 1. The average Bonchev–Trinajstić information content (AvgIpc) is 3.51. The molecule has 4 atom stereocenters. The molecule has 4 unspecified atom stereocenters. The number of nitro benzene ring substituents is 1. The summed E-state index contributed by atoms with van der Waals surface area (Å²) in [5.41, 5.74) is 0.483. The fourth-order valence-electron chi connectivity index (χ4n) is 6.03. The fraction of sp³-hybridized carbons (Fsp3) is 0.219. The van der Waals surface area contributed by atoms with Gasteiger partial charge in [-0.3, -0.25) is 19.8 Å². The second kappa shape index (κ2) is 11.2. The molecule has 5 rings (SSSR count). The molecule has 0 saturated carbocycles. The largest absolute Gasteiger partial charge is 0.479 e. The van der Waals surface area contributed by atoms with Crippen LogP contribution >= 0.6 is 11.3 Å². The molecule has 42 heavy (non-hydrogen) atoms. The number of urea groups is 1. The number of para-hydroxylation sites is 1. The smallest absolute Gasteiger partial charge is 0.330 e. The number of rotatable bonds is 7. The van der Waals surface area contributed by atoms with Crippen LogP contribution in [0.25, 0.3) is 0 Å². The number of carboxylic acids is 1. The van der Waals surface area contributed by atoms with Gasteiger partial charge in [-0.1, -0.05) is 54.6 Å². The molecule has 2 amide bonds. The van der Waals surface area contributed by atoms with Gasteiger partial charge in [0.1, 0.15) is 5.54 Å². The molecule has 2 N–H and O–H groups in total. The van der Waals surface area contributed by atoms with Crippen LogP contribution in [0.15, 0.2) is 90.3 Å². The highest BCUT2D eigenvalue weighted by Gasteiger charge is 2.65. The number of nitro groups is 1. The molecule has 1 aliphatic heterocycles. The quantitative estimate of drug-likeness (QED) is 0.137.